The van der Waals surface area contributed by atoms with Crippen molar-refractivity contribution in [2.75, 3.05) is 6.61 Å². The third-order valence-electron chi connectivity index (χ3n) is 3.99. The minimum absolute atomic E-state index is 0.193. The highest BCUT2D eigenvalue weighted by Gasteiger charge is 2.43. The quantitative estimate of drug-likeness (QED) is 0.811. The molecule has 24 heavy (non-hydrogen) atoms. The predicted octanol–water partition coefficient (Wildman–Crippen LogP) is 1.87. The van der Waals surface area contributed by atoms with Crippen LogP contribution in [0.1, 0.15) is 11.1 Å². The number of aliphatic hydroxyl groups excluding tert-OH is 2. The molecule has 4 atom stereocenters. The molecule has 0 amide bonds. The number of benzene rings is 2. The fourth-order valence-corrected chi connectivity index (χ4v) is 2.67. The summed E-state index contributed by atoms with van der Waals surface area (Å²) in [6.07, 6.45) is -3.48. The lowest BCUT2D eigenvalue weighted by atomic mass is 10.1. The van der Waals surface area contributed by atoms with Crippen LogP contribution in [0.3, 0.4) is 0 Å². The van der Waals surface area contributed by atoms with Crippen molar-refractivity contribution in [2.24, 2.45) is 0 Å². The van der Waals surface area contributed by atoms with E-state index < -0.39 is 24.6 Å². The van der Waals surface area contributed by atoms with E-state index >= 15 is 0 Å². The highest BCUT2D eigenvalue weighted by Crippen LogP contribution is 2.24. The van der Waals surface area contributed by atoms with E-state index in [4.69, 9.17) is 14.2 Å². The van der Waals surface area contributed by atoms with E-state index in [1.165, 1.54) is 0 Å². The van der Waals surface area contributed by atoms with Crippen LogP contribution in [0.4, 0.5) is 0 Å². The smallest absolute Gasteiger partial charge is 0.184 e. The van der Waals surface area contributed by atoms with Crippen molar-refractivity contribution in [3.8, 4) is 0 Å². The molecule has 5 heteroatoms. The second-order valence-corrected chi connectivity index (χ2v) is 5.82. The molecule has 1 aliphatic heterocycles. The summed E-state index contributed by atoms with van der Waals surface area (Å²) in [5, 5.41) is 20.3. The highest BCUT2D eigenvalue weighted by molar-refractivity contribution is 5.14. The number of hydrogen-bond donors (Lipinski definition) is 2. The molecule has 0 aliphatic carbocycles. The summed E-state index contributed by atoms with van der Waals surface area (Å²) in [6.45, 7) is 0.929. The van der Waals surface area contributed by atoms with E-state index in [9.17, 15) is 10.2 Å². The van der Waals surface area contributed by atoms with Gasteiger partial charge in [-0.15, -0.1) is 0 Å². The summed E-state index contributed by atoms with van der Waals surface area (Å²) in [7, 11) is 0. The van der Waals surface area contributed by atoms with Crippen molar-refractivity contribution in [3.05, 3.63) is 71.8 Å². The van der Waals surface area contributed by atoms with Crippen molar-refractivity contribution in [3.63, 3.8) is 0 Å². The van der Waals surface area contributed by atoms with E-state index in [1.807, 2.05) is 60.7 Å². The Labute approximate surface area is 141 Å². The average molecular weight is 330 g/mol. The lowest BCUT2D eigenvalue weighted by Crippen LogP contribution is -2.36. The topological polar surface area (TPSA) is 68.2 Å². The van der Waals surface area contributed by atoms with Crippen LogP contribution >= 0.6 is 0 Å². The van der Waals surface area contributed by atoms with Crippen LogP contribution in [0.15, 0.2) is 60.7 Å². The Hall–Kier alpha value is -1.76. The molecule has 1 fully saturated rings. The fraction of sp³-hybridized carbons (Fsp3) is 0.368. The zero-order valence-corrected chi connectivity index (χ0v) is 13.3. The maximum atomic E-state index is 10.3. The van der Waals surface area contributed by atoms with Crippen LogP contribution in [0, 0.1) is 0 Å². The summed E-state index contributed by atoms with van der Waals surface area (Å²) < 4.78 is 16.6. The Kier molecular flexibility index (Phi) is 5.96. The zero-order chi connectivity index (χ0) is 16.8. The predicted molar refractivity (Wildman–Crippen MR) is 88.0 cm³/mol. The average Bonchev–Trinajstić information content (AvgIpc) is 2.89. The van der Waals surface area contributed by atoms with Gasteiger partial charge in [0.15, 0.2) is 6.29 Å². The van der Waals surface area contributed by atoms with Crippen LogP contribution < -0.4 is 0 Å². The van der Waals surface area contributed by atoms with Crippen molar-refractivity contribution in [1.29, 1.82) is 0 Å². The van der Waals surface area contributed by atoms with Gasteiger partial charge in [0.05, 0.1) is 19.8 Å². The monoisotopic (exact) mass is 330 g/mol. The van der Waals surface area contributed by atoms with E-state index in [-0.39, 0.29) is 6.61 Å². The largest absolute Gasteiger partial charge is 0.387 e. The summed E-state index contributed by atoms with van der Waals surface area (Å²) >= 11 is 0. The van der Waals surface area contributed by atoms with E-state index in [0.717, 1.165) is 11.1 Å². The SMILES string of the molecule is OC1C(COCc2ccccc2)O[C@H](O)[C@@H]1OCc1ccccc1. The van der Waals surface area contributed by atoms with Crippen LogP contribution in [0.5, 0.6) is 0 Å². The maximum Gasteiger partial charge on any atom is 0.184 e. The molecular formula is C19H22O5. The molecule has 1 aliphatic rings. The number of hydrogen-bond acceptors (Lipinski definition) is 5. The lowest BCUT2D eigenvalue weighted by Gasteiger charge is -2.18. The van der Waals surface area contributed by atoms with E-state index in [1.54, 1.807) is 0 Å². The van der Waals surface area contributed by atoms with Gasteiger partial charge in [0.1, 0.15) is 18.3 Å². The normalized spacial score (nSPS) is 26.6. The van der Waals surface area contributed by atoms with Gasteiger partial charge in [-0.3, -0.25) is 0 Å². The molecule has 5 nitrogen and oxygen atoms in total. The second kappa shape index (κ2) is 8.37. The molecule has 3 rings (SSSR count). The highest BCUT2D eigenvalue weighted by atomic mass is 16.7. The number of rotatable bonds is 7. The first kappa shape index (κ1) is 17.1. The molecule has 128 valence electrons. The third-order valence-corrected chi connectivity index (χ3v) is 3.99. The molecule has 2 aromatic carbocycles. The molecule has 1 heterocycles. The van der Waals surface area contributed by atoms with Crippen LogP contribution in [0.25, 0.3) is 0 Å². The van der Waals surface area contributed by atoms with Crippen molar-refractivity contribution in [2.45, 2.75) is 37.8 Å². The van der Waals surface area contributed by atoms with Crippen molar-refractivity contribution in [1.82, 2.24) is 0 Å². The first-order valence-electron chi connectivity index (χ1n) is 8.03. The molecule has 2 unspecified atom stereocenters. The summed E-state index contributed by atoms with van der Waals surface area (Å²) in [6, 6.07) is 19.4. The fourth-order valence-electron chi connectivity index (χ4n) is 2.67. The first-order chi connectivity index (χ1) is 11.7. The van der Waals surface area contributed by atoms with Gasteiger partial charge in [0, 0.05) is 0 Å². The Morgan fingerprint density at radius 1 is 0.833 bits per heavy atom. The maximum absolute atomic E-state index is 10.3. The Morgan fingerprint density at radius 3 is 2.04 bits per heavy atom. The van der Waals surface area contributed by atoms with Gasteiger partial charge in [-0.2, -0.15) is 0 Å². The summed E-state index contributed by atoms with van der Waals surface area (Å²) in [5.41, 5.74) is 2.02. The van der Waals surface area contributed by atoms with Gasteiger partial charge in [-0.05, 0) is 11.1 Å². The van der Waals surface area contributed by atoms with Crippen LogP contribution in [-0.4, -0.2) is 41.4 Å². The molecule has 0 spiro atoms. The molecular weight excluding hydrogens is 308 g/mol. The molecule has 2 N–H and O–H groups in total. The van der Waals surface area contributed by atoms with E-state index in [2.05, 4.69) is 0 Å². The summed E-state index contributed by atoms with van der Waals surface area (Å²) in [4.78, 5) is 0. The van der Waals surface area contributed by atoms with Gasteiger partial charge in [0.2, 0.25) is 0 Å². The standard InChI is InChI=1S/C19H22O5/c20-17-16(13-22-11-14-7-3-1-4-8-14)24-19(21)18(17)23-12-15-9-5-2-6-10-15/h1-10,16-21H,11-13H2/t16?,17?,18-,19+/m1/s1. The molecule has 2 aromatic rings. The van der Waals surface area contributed by atoms with Crippen molar-refractivity contribution < 1.29 is 24.4 Å². The molecule has 1 saturated heterocycles. The van der Waals surface area contributed by atoms with Gasteiger partial charge in [-0.1, -0.05) is 60.7 Å². The number of ether oxygens (including phenoxy) is 3. The minimum atomic E-state index is -1.16. The Balaban J connectivity index is 1.46. The minimum Gasteiger partial charge on any atom is -0.387 e. The van der Waals surface area contributed by atoms with Crippen LogP contribution in [0.2, 0.25) is 0 Å². The second-order valence-electron chi connectivity index (χ2n) is 5.82. The van der Waals surface area contributed by atoms with Crippen molar-refractivity contribution >= 4 is 0 Å². The molecule has 0 saturated carbocycles. The Morgan fingerprint density at radius 2 is 1.42 bits per heavy atom. The summed E-state index contributed by atoms with van der Waals surface area (Å²) in [5.74, 6) is 0. The van der Waals surface area contributed by atoms with Gasteiger partial charge in [0.25, 0.3) is 0 Å². The molecule has 0 radical (unpaired) electrons. The Bertz CT molecular complexity index is 604. The van der Waals surface area contributed by atoms with E-state index in [0.29, 0.717) is 13.2 Å². The third kappa shape index (κ3) is 4.41. The van der Waals surface area contributed by atoms with Crippen LogP contribution in [-0.2, 0) is 27.4 Å². The van der Waals surface area contributed by atoms with Gasteiger partial charge >= 0.3 is 0 Å². The van der Waals surface area contributed by atoms with Gasteiger partial charge in [-0.25, -0.2) is 0 Å². The molecule has 0 bridgehead atoms. The van der Waals surface area contributed by atoms with Gasteiger partial charge < -0.3 is 24.4 Å². The zero-order valence-electron chi connectivity index (χ0n) is 13.3. The lowest BCUT2D eigenvalue weighted by molar-refractivity contribution is -0.152. The molecule has 0 aromatic heterocycles. The number of aliphatic hydroxyl groups is 2. The first-order valence-corrected chi connectivity index (χ1v) is 8.03.